The second kappa shape index (κ2) is 4.53. The van der Waals surface area contributed by atoms with Crippen molar-refractivity contribution in [3.63, 3.8) is 0 Å². The molecule has 2 heterocycles. The Balaban J connectivity index is 1.96. The Hall–Kier alpha value is -1.68. The van der Waals surface area contributed by atoms with Gasteiger partial charge in [0, 0.05) is 18.9 Å². The Labute approximate surface area is 106 Å². The van der Waals surface area contributed by atoms with E-state index in [0.29, 0.717) is 11.6 Å². The summed E-state index contributed by atoms with van der Waals surface area (Å²) in [6.07, 6.45) is 4.55. The van der Waals surface area contributed by atoms with E-state index < -0.39 is 0 Å². The van der Waals surface area contributed by atoms with Gasteiger partial charge in [-0.3, -0.25) is 0 Å². The van der Waals surface area contributed by atoms with Crippen molar-refractivity contribution in [3.8, 4) is 5.69 Å². The van der Waals surface area contributed by atoms with Crippen molar-refractivity contribution in [1.29, 1.82) is 0 Å². The van der Waals surface area contributed by atoms with Gasteiger partial charge < -0.3 is 9.88 Å². The van der Waals surface area contributed by atoms with Crippen LogP contribution in [0, 0.1) is 12.7 Å². The second-order valence-corrected chi connectivity index (χ2v) is 4.75. The topological polar surface area (TPSA) is 29.9 Å². The van der Waals surface area contributed by atoms with E-state index in [1.165, 1.54) is 0 Å². The molecule has 3 rings (SSSR count). The molecule has 18 heavy (non-hydrogen) atoms. The van der Waals surface area contributed by atoms with Crippen molar-refractivity contribution in [2.45, 2.75) is 19.3 Å². The van der Waals surface area contributed by atoms with Gasteiger partial charge in [-0.2, -0.15) is 0 Å². The first-order valence-electron chi connectivity index (χ1n) is 6.26. The van der Waals surface area contributed by atoms with Gasteiger partial charge in [0.15, 0.2) is 0 Å². The van der Waals surface area contributed by atoms with Crippen LogP contribution in [0.2, 0.25) is 0 Å². The van der Waals surface area contributed by atoms with Gasteiger partial charge in [0.1, 0.15) is 11.6 Å². The van der Waals surface area contributed by atoms with E-state index in [4.69, 9.17) is 0 Å². The van der Waals surface area contributed by atoms with E-state index in [-0.39, 0.29) is 5.82 Å². The van der Waals surface area contributed by atoms with Crippen molar-refractivity contribution < 1.29 is 4.39 Å². The number of rotatable bonds is 2. The van der Waals surface area contributed by atoms with E-state index in [1.807, 2.05) is 19.1 Å². The highest BCUT2D eigenvalue weighted by atomic mass is 19.1. The third kappa shape index (κ3) is 1.93. The number of imidazole rings is 1. The molecular weight excluding hydrogens is 229 g/mol. The first-order valence-corrected chi connectivity index (χ1v) is 6.26. The molecule has 1 aromatic heterocycles. The summed E-state index contributed by atoms with van der Waals surface area (Å²) >= 11 is 0. The summed E-state index contributed by atoms with van der Waals surface area (Å²) in [5.41, 5.74) is 1.65. The maximum atomic E-state index is 14.2. The molecule has 2 aromatic rings. The van der Waals surface area contributed by atoms with Crippen LogP contribution in [0.15, 0.2) is 30.6 Å². The number of halogens is 1. The molecule has 1 aliphatic rings. The Bertz CT molecular complexity index is 556. The molecule has 0 radical (unpaired) electrons. The van der Waals surface area contributed by atoms with E-state index in [1.54, 1.807) is 23.0 Å². The Morgan fingerprint density at radius 1 is 1.44 bits per heavy atom. The quantitative estimate of drug-likeness (QED) is 0.880. The van der Waals surface area contributed by atoms with Crippen LogP contribution in [0.1, 0.15) is 23.7 Å². The minimum absolute atomic E-state index is 0.180. The van der Waals surface area contributed by atoms with Crippen LogP contribution in [-0.4, -0.2) is 22.6 Å². The molecule has 94 valence electrons. The average Bonchev–Trinajstić information content (AvgIpc) is 3.00. The number of aryl methyl sites for hydroxylation is 1. The second-order valence-electron chi connectivity index (χ2n) is 4.75. The van der Waals surface area contributed by atoms with Crippen LogP contribution >= 0.6 is 0 Å². The van der Waals surface area contributed by atoms with Gasteiger partial charge in [-0.05, 0) is 43.5 Å². The average molecular weight is 245 g/mol. The van der Waals surface area contributed by atoms with Crippen molar-refractivity contribution in [1.82, 2.24) is 14.9 Å². The Morgan fingerprint density at radius 3 is 2.94 bits per heavy atom. The fourth-order valence-corrected chi connectivity index (χ4v) is 2.54. The lowest BCUT2D eigenvalue weighted by Gasteiger charge is -2.12. The van der Waals surface area contributed by atoms with Gasteiger partial charge in [0.2, 0.25) is 0 Å². The smallest absolute Gasteiger partial charge is 0.147 e. The molecule has 1 fully saturated rings. The summed E-state index contributed by atoms with van der Waals surface area (Å²) < 4.78 is 15.9. The van der Waals surface area contributed by atoms with Gasteiger partial charge in [0.25, 0.3) is 0 Å². The minimum atomic E-state index is -0.180. The van der Waals surface area contributed by atoms with Gasteiger partial charge >= 0.3 is 0 Å². The predicted molar refractivity (Wildman–Crippen MR) is 68.5 cm³/mol. The fraction of sp³-hybridized carbons (Fsp3) is 0.357. The first kappa shape index (κ1) is 11.4. The van der Waals surface area contributed by atoms with Gasteiger partial charge in [-0.15, -0.1) is 0 Å². The van der Waals surface area contributed by atoms with Crippen LogP contribution in [0.3, 0.4) is 0 Å². The lowest BCUT2D eigenvalue weighted by atomic mass is 9.98. The highest BCUT2D eigenvalue weighted by molar-refractivity contribution is 5.39. The highest BCUT2D eigenvalue weighted by Crippen LogP contribution is 2.25. The molecule has 0 amide bonds. The summed E-state index contributed by atoms with van der Waals surface area (Å²) in [6.45, 7) is 3.84. The molecule has 4 heteroatoms. The molecule has 1 atom stereocenters. The molecule has 3 nitrogen and oxygen atoms in total. The summed E-state index contributed by atoms with van der Waals surface area (Å²) in [7, 11) is 0. The molecule has 0 spiro atoms. The van der Waals surface area contributed by atoms with E-state index in [9.17, 15) is 4.39 Å². The molecule has 1 unspecified atom stereocenters. The Kier molecular flexibility index (Phi) is 2.88. The number of hydrogen-bond donors (Lipinski definition) is 1. The largest absolute Gasteiger partial charge is 0.316 e. The number of nitrogens with one attached hydrogen (secondary N) is 1. The molecule has 0 saturated carbocycles. The molecule has 1 N–H and O–H groups in total. The maximum absolute atomic E-state index is 14.2. The van der Waals surface area contributed by atoms with Crippen molar-refractivity contribution in [3.05, 3.63) is 47.8 Å². The van der Waals surface area contributed by atoms with Crippen LogP contribution in [0.25, 0.3) is 5.69 Å². The minimum Gasteiger partial charge on any atom is -0.316 e. The van der Waals surface area contributed by atoms with E-state index in [0.717, 1.165) is 30.9 Å². The van der Waals surface area contributed by atoms with Crippen molar-refractivity contribution in [2.24, 2.45) is 0 Å². The summed E-state index contributed by atoms with van der Waals surface area (Å²) in [6, 6.07) is 5.53. The third-order valence-electron chi connectivity index (χ3n) is 3.59. The van der Waals surface area contributed by atoms with Crippen LogP contribution in [0.4, 0.5) is 4.39 Å². The molecule has 0 bridgehead atoms. The van der Waals surface area contributed by atoms with E-state index >= 15 is 0 Å². The third-order valence-corrected chi connectivity index (χ3v) is 3.59. The van der Waals surface area contributed by atoms with Crippen molar-refractivity contribution in [2.75, 3.05) is 13.1 Å². The van der Waals surface area contributed by atoms with E-state index in [2.05, 4.69) is 10.3 Å². The first-order chi connectivity index (χ1) is 8.75. The fourth-order valence-electron chi connectivity index (χ4n) is 2.54. The van der Waals surface area contributed by atoms with Gasteiger partial charge in [-0.1, -0.05) is 6.07 Å². The number of aromatic nitrogens is 2. The number of benzene rings is 1. The summed E-state index contributed by atoms with van der Waals surface area (Å²) in [5, 5.41) is 3.30. The molecular formula is C14H16FN3. The zero-order chi connectivity index (χ0) is 12.5. The van der Waals surface area contributed by atoms with Crippen LogP contribution < -0.4 is 5.32 Å². The Morgan fingerprint density at radius 2 is 2.33 bits per heavy atom. The van der Waals surface area contributed by atoms with Crippen molar-refractivity contribution >= 4 is 0 Å². The van der Waals surface area contributed by atoms with Crippen LogP contribution in [0.5, 0.6) is 0 Å². The molecule has 0 aliphatic carbocycles. The zero-order valence-electron chi connectivity index (χ0n) is 10.4. The zero-order valence-corrected chi connectivity index (χ0v) is 10.4. The lowest BCUT2D eigenvalue weighted by molar-refractivity contribution is 0.610. The highest BCUT2D eigenvalue weighted by Gasteiger charge is 2.18. The summed E-state index contributed by atoms with van der Waals surface area (Å²) in [4.78, 5) is 4.12. The van der Waals surface area contributed by atoms with Gasteiger partial charge in [0.05, 0.1) is 5.69 Å². The lowest BCUT2D eigenvalue weighted by Crippen LogP contribution is -2.08. The maximum Gasteiger partial charge on any atom is 0.147 e. The molecule has 1 saturated heterocycles. The monoisotopic (exact) mass is 245 g/mol. The molecule has 1 aromatic carbocycles. The standard InChI is InChI=1S/C14H16FN3/c1-10-17-6-7-18(10)14-3-2-11(8-13(14)15)12-4-5-16-9-12/h2-3,6-8,12,16H,4-5,9H2,1H3. The number of nitrogens with zero attached hydrogens (tertiary/aromatic N) is 2. The van der Waals surface area contributed by atoms with Crippen LogP contribution in [-0.2, 0) is 0 Å². The van der Waals surface area contributed by atoms with Gasteiger partial charge in [-0.25, -0.2) is 9.37 Å². The SMILES string of the molecule is Cc1nccn1-c1ccc(C2CCNC2)cc1F. The number of hydrogen-bond acceptors (Lipinski definition) is 2. The summed E-state index contributed by atoms with van der Waals surface area (Å²) in [5.74, 6) is 1.06. The molecule has 1 aliphatic heterocycles. The predicted octanol–water partition coefficient (Wildman–Crippen LogP) is 2.40. The normalized spacial score (nSPS) is 19.3.